The highest BCUT2D eigenvalue weighted by molar-refractivity contribution is 5.81. The predicted octanol–water partition coefficient (Wildman–Crippen LogP) is 0.586. The third kappa shape index (κ3) is 3.05. The molecule has 1 amide bonds. The van der Waals surface area contributed by atoms with Crippen molar-refractivity contribution in [3.8, 4) is 0 Å². The van der Waals surface area contributed by atoms with Crippen LogP contribution in [0.25, 0.3) is 0 Å². The molecule has 1 fully saturated rings. The summed E-state index contributed by atoms with van der Waals surface area (Å²) in [5.41, 5.74) is 0. The molecule has 1 saturated heterocycles. The summed E-state index contributed by atoms with van der Waals surface area (Å²) in [4.78, 5) is 13.0. The highest BCUT2D eigenvalue weighted by Crippen LogP contribution is 2.10. The monoisotopic (exact) mass is 183 g/mol. The van der Waals surface area contributed by atoms with Gasteiger partial charge in [0.05, 0.1) is 5.84 Å². The van der Waals surface area contributed by atoms with Gasteiger partial charge < -0.3 is 10.2 Å². The standard InChI is InChI=1S/C9H17N3O/c1-11-9(13)5-7-12-6-3-2-4-8(12)10/h10H,2-7H2,1H3,(H,11,13). The van der Waals surface area contributed by atoms with Crippen LogP contribution in [-0.4, -0.2) is 36.8 Å². The summed E-state index contributed by atoms with van der Waals surface area (Å²) < 4.78 is 0. The number of rotatable bonds is 3. The molecule has 0 saturated carbocycles. The van der Waals surface area contributed by atoms with E-state index in [1.807, 2.05) is 4.90 Å². The van der Waals surface area contributed by atoms with E-state index in [1.165, 1.54) is 0 Å². The molecule has 4 heteroatoms. The van der Waals surface area contributed by atoms with Gasteiger partial charge in [-0.1, -0.05) is 0 Å². The number of piperidine rings is 1. The van der Waals surface area contributed by atoms with Crippen molar-refractivity contribution >= 4 is 11.7 Å². The maximum absolute atomic E-state index is 11.0. The average Bonchev–Trinajstić information content (AvgIpc) is 2.16. The van der Waals surface area contributed by atoms with Gasteiger partial charge >= 0.3 is 0 Å². The van der Waals surface area contributed by atoms with Gasteiger partial charge in [0.15, 0.2) is 0 Å². The minimum Gasteiger partial charge on any atom is -0.360 e. The molecule has 0 spiro atoms. The first-order chi connectivity index (χ1) is 6.24. The Kier molecular flexibility index (Phi) is 3.73. The molecule has 74 valence electrons. The highest BCUT2D eigenvalue weighted by Gasteiger charge is 2.14. The number of carbonyl (C=O) groups is 1. The van der Waals surface area contributed by atoms with E-state index in [2.05, 4.69) is 5.32 Å². The van der Waals surface area contributed by atoms with E-state index in [0.717, 1.165) is 25.8 Å². The predicted molar refractivity (Wildman–Crippen MR) is 51.8 cm³/mol. The van der Waals surface area contributed by atoms with Gasteiger partial charge in [-0.2, -0.15) is 0 Å². The van der Waals surface area contributed by atoms with Crippen molar-refractivity contribution in [1.82, 2.24) is 10.2 Å². The second-order valence-corrected chi connectivity index (χ2v) is 3.31. The summed E-state index contributed by atoms with van der Waals surface area (Å²) in [7, 11) is 1.64. The van der Waals surface area contributed by atoms with Gasteiger partial charge in [0.1, 0.15) is 0 Å². The zero-order valence-electron chi connectivity index (χ0n) is 8.10. The van der Waals surface area contributed by atoms with Crippen LogP contribution in [0.4, 0.5) is 0 Å². The maximum Gasteiger partial charge on any atom is 0.221 e. The number of carbonyl (C=O) groups excluding carboxylic acids is 1. The fraction of sp³-hybridized carbons (Fsp3) is 0.778. The second kappa shape index (κ2) is 4.84. The Morgan fingerprint density at radius 1 is 1.62 bits per heavy atom. The van der Waals surface area contributed by atoms with Crippen molar-refractivity contribution in [3.05, 3.63) is 0 Å². The van der Waals surface area contributed by atoms with Crippen LogP contribution in [0, 0.1) is 5.41 Å². The van der Waals surface area contributed by atoms with E-state index in [1.54, 1.807) is 7.05 Å². The van der Waals surface area contributed by atoms with Crippen LogP contribution in [-0.2, 0) is 4.79 Å². The summed E-state index contributed by atoms with van der Waals surface area (Å²) >= 11 is 0. The number of amides is 1. The summed E-state index contributed by atoms with van der Waals surface area (Å²) in [6, 6.07) is 0. The van der Waals surface area contributed by atoms with Crippen LogP contribution < -0.4 is 5.32 Å². The van der Waals surface area contributed by atoms with Crippen molar-refractivity contribution in [2.75, 3.05) is 20.1 Å². The lowest BCUT2D eigenvalue weighted by molar-refractivity contribution is -0.120. The molecule has 1 heterocycles. The number of hydrogen-bond donors (Lipinski definition) is 2. The van der Waals surface area contributed by atoms with E-state index in [4.69, 9.17) is 5.41 Å². The Balaban J connectivity index is 2.26. The van der Waals surface area contributed by atoms with E-state index in [0.29, 0.717) is 18.8 Å². The molecule has 1 aliphatic heterocycles. The van der Waals surface area contributed by atoms with Crippen LogP contribution in [0.15, 0.2) is 0 Å². The minimum atomic E-state index is 0.0540. The van der Waals surface area contributed by atoms with Crippen LogP contribution in [0.3, 0.4) is 0 Å². The zero-order valence-corrected chi connectivity index (χ0v) is 8.10. The van der Waals surface area contributed by atoms with Crippen molar-refractivity contribution in [1.29, 1.82) is 5.41 Å². The molecule has 13 heavy (non-hydrogen) atoms. The first-order valence-corrected chi connectivity index (χ1v) is 4.77. The molecule has 0 aromatic rings. The molecule has 1 rings (SSSR count). The van der Waals surface area contributed by atoms with Crippen LogP contribution in [0.1, 0.15) is 25.7 Å². The molecule has 0 aromatic carbocycles. The first kappa shape index (κ1) is 10.0. The normalized spacial score (nSPS) is 17.3. The Morgan fingerprint density at radius 3 is 3.00 bits per heavy atom. The quantitative estimate of drug-likeness (QED) is 0.672. The smallest absolute Gasteiger partial charge is 0.221 e. The second-order valence-electron chi connectivity index (χ2n) is 3.31. The summed E-state index contributed by atoms with van der Waals surface area (Å²) in [5, 5.41) is 10.2. The van der Waals surface area contributed by atoms with E-state index < -0.39 is 0 Å². The fourth-order valence-corrected chi connectivity index (χ4v) is 1.50. The number of nitrogens with one attached hydrogen (secondary N) is 2. The Labute approximate surface area is 78.8 Å². The molecule has 2 N–H and O–H groups in total. The lowest BCUT2D eigenvalue weighted by Gasteiger charge is -2.28. The molecule has 0 radical (unpaired) electrons. The Bertz CT molecular complexity index is 203. The first-order valence-electron chi connectivity index (χ1n) is 4.77. The SMILES string of the molecule is CNC(=O)CCN1CCCCC1=N. The molecule has 4 nitrogen and oxygen atoms in total. The van der Waals surface area contributed by atoms with E-state index >= 15 is 0 Å². The third-order valence-electron chi connectivity index (χ3n) is 2.36. The molecule has 0 aliphatic carbocycles. The summed E-state index contributed by atoms with van der Waals surface area (Å²) in [6.07, 6.45) is 3.64. The topological polar surface area (TPSA) is 56.2 Å². The molecule has 0 unspecified atom stereocenters. The maximum atomic E-state index is 11.0. The lowest BCUT2D eigenvalue weighted by atomic mass is 10.1. The van der Waals surface area contributed by atoms with Crippen LogP contribution >= 0.6 is 0 Å². The van der Waals surface area contributed by atoms with Gasteiger partial charge in [0, 0.05) is 33.0 Å². The van der Waals surface area contributed by atoms with Crippen molar-refractivity contribution < 1.29 is 4.79 Å². The summed E-state index contributed by atoms with van der Waals surface area (Å²) in [5.74, 6) is 0.744. The molecular formula is C9H17N3O. The Morgan fingerprint density at radius 2 is 2.38 bits per heavy atom. The highest BCUT2D eigenvalue weighted by atomic mass is 16.1. The van der Waals surface area contributed by atoms with Gasteiger partial charge in [0.25, 0.3) is 0 Å². The Hall–Kier alpha value is -1.06. The number of likely N-dealkylation sites (tertiary alicyclic amines) is 1. The average molecular weight is 183 g/mol. The molecule has 0 aromatic heterocycles. The van der Waals surface area contributed by atoms with Crippen molar-refractivity contribution in [2.24, 2.45) is 0 Å². The zero-order chi connectivity index (χ0) is 9.68. The van der Waals surface area contributed by atoms with E-state index in [9.17, 15) is 4.79 Å². The largest absolute Gasteiger partial charge is 0.360 e. The van der Waals surface area contributed by atoms with Gasteiger partial charge in [-0.15, -0.1) is 0 Å². The van der Waals surface area contributed by atoms with Crippen molar-refractivity contribution in [3.63, 3.8) is 0 Å². The molecule has 0 bridgehead atoms. The van der Waals surface area contributed by atoms with Crippen LogP contribution in [0.5, 0.6) is 0 Å². The lowest BCUT2D eigenvalue weighted by Crippen LogP contribution is -2.37. The van der Waals surface area contributed by atoms with Gasteiger partial charge in [0.2, 0.25) is 5.91 Å². The fourth-order valence-electron chi connectivity index (χ4n) is 1.50. The molecule has 1 aliphatic rings. The van der Waals surface area contributed by atoms with Crippen molar-refractivity contribution in [2.45, 2.75) is 25.7 Å². The van der Waals surface area contributed by atoms with Gasteiger partial charge in [-0.3, -0.25) is 10.2 Å². The van der Waals surface area contributed by atoms with Crippen LogP contribution in [0.2, 0.25) is 0 Å². The van der Waals surface area contributed by atoms with Gasteiger partial charge in [-0.05, 0) is 12.8 Å². The number of hydrogen-bond acceptors (Lipinski definition) is 2. The third-order valence-corrected chi connectivity index (χ3v) is 2.36. The molecular weight excluding hydrogens is 166 g/mol. The number of nitrogens with zero attached hydrogens (tertiary/aromatic N) is 1. The van der Waals surface area contributed by atoms with E-state index in [-0.39, 0.29) is 5.91 Å². The summed E-state index contributed by atoms with van der Waals surface area (Å²) in [6.45, 7) is 1.63. The minimum absolute atomic E-state index is 0.0540. The van der Waals surface area contributed by atoms with Gasteiger partial charge in [-0.25, -0.2) is 0 Å². The number of amidine groups is 1. The molecule has 0 atom stereocenters.